The fourth-order valence-corrected chi connectivity index (χ4v) is 2.06. The van der Waals surface area contributed by atoms with E-state index in [1.54, 1.807) is 12.2 Å². The molecule has 0 unspecified atom stereocenters. The van der Waals surface area contributed by atoms with Crippen LogP contribution >= 0.6 is 0 Å². The number of benzene rings is 2. The largest absolute Gasteiger partial charge is 0.478 e. The van der Waals surface area contributed by atoms with Crippen molar-refractivity contribution in [3.05, 3.63) is 84.5 Å². The molecule has 0 saturated heterocycles. The quantitative estimate of drug-likeness (QED) is 0.624. The van der Waals surface area contributed by atoms with Gasteiger partial charge in [0, 0.05) is 6.08 Å². The van der Waals surface area contributed by atoms with Crippen molar-refractivity contribution in [2.24, 2.45) is 0 Å². The van der Waals surface area contributed by atoms with Gasteiger partial charge in [0.25, 0.3) is 0 Å². The molecule has 0 bridgehead atoms. The maximum Gasteiger partial charge on any atom is 0.328 e. The highest BCUT2D eigenvalue weighted by Gasteiger charge is 1.96. The Balaban J connectivity index is 1.87. The van der Waals surface area contributed by atoms with Crippen molar-refractivity contribution >= 4 is 5.97 Å². The van der Waals surface area contributed by atoms with E-state index in [0.29, 0.717) is 0 Å². The monoisotopic (exact) mass is 278 g/mol. The van der Waals surface area contributed by atoms with Crippen LogP contribution in [0, 0.1) is 0 Å². The Bertz CT molecular complexity index is 622. The van der Waals surface area contributed by atoms with Crippen molar-refractivity contribution in [1.82, 2.24) is 0 Å². The molecule has 2 nitrogen and oxygen atoms in total. The fraction of sp³-hybridized carbons (Fsp3) is 0.105. The number of allylic oxidation sites excluding steroid dienone is 3. The van der Waals surface area contributed by atoms with Crippen LogP contribution in [0.1, 0.15) is 12.0 Å². The van der Waals surface area contributed by atoms with Crippen molar-refractivity contribution in [2.75, 3.05) is 0 Å². The molecule has 2 rings (SSSR count). The van der Waals surface area contributed by atoms with Crippen LogP contribution in [-0.2, 0) is 11.2 Å². The molecule has 21 heavy (non-hydrogen) atoms. The summed E-state index contributed by atoms with van der Waals surface area (Å²) in [5.74, 6) is -0.920. The predicted molar refractivity (Wildman–Crippen MR) is 86.1 cm³/mol. The average molecular weight is 278 g/mol. The Hall–Kier alpha value is -2.61. The minimum Gasteiger partial charge on any atom is -0.478 e. The molecule has 0 radical (unpaired) electrons. The lowest BCUT2D eigenvalue weighted by atomic mass is 10.0. The maximum atomic E-state index is 10.3. The third-order valence-corrected chi connectivity index (χ3v) is 3.15. The summed E-state index contributed by atoms with van der Waals surface area (Å²) in [5, 5.41) is 8.45. The molecule has 2 aromatic carbocycles. The molecule has 2 heteroatoms. The lowest BCUT2D eigenvalue weighted by Gasteiger charge is -2.03. The van der Waals surface area contributed by atoms with Gasteiger partial charge in [-0.2, -0.15) is 0 Å². The van der Waals surface area contributed by atoms with Crippen LogP contribution in [0.2, 0.25) is 0 Å². The minimum absolute atomic E-state index is 0.897. The molecular weight excluding hydrogens is 260 g/mol. The third-order valence-electron chi connectivity index (χ3n) is 3.15. The number of carboxylic acids is 1. The molecule has 0 aliphatic carbocycles. The average Bonchev–Trinajstić information content (AvgIpc) is 2.52. The highest BCUT2D eigenvalue weighted by molar-refractivity contribution is 5.80. The molecule has 0 fully saturated rings. The first-order valence-corrected chi connectivity index (χ1v) is 6.96. The zero-order chi connectivity index (χ0) is 14.9. The number of hydrogen-bond donors (Lipinski definition) is 1. The molecule has 0 aliphatic heterocycles. The van der Waals surface area contributed by atoms with Gasteiger partial charge >= 0.3 is 5.97 Å². The zero-order valence-corrected chi connectivity index (χ0v) is 11.8. The van der Waals surface area contributed by atoms with Gasteiger partial charge in [-0.05, 0) is 29.5 Å². The molecule has 0 heterocycles. The van der Waals surface area contributed by atoms with Crippen LogP contribution in [0.15, 0.2) is 78.9 Å². The second-order valence-corrected chi connectivity index (χ2v) is 4.73. The first kappa shape index (κ1) is 14.8. The van der Waals surface area contributed by atoms with E-state index in [1.807, 2.05) is 24.3 Å². The first-order valence-electron chi connectivity index (χ1n) is 6.96. The molecule has 1 N–H and O–H groups in total. The topological polar surface area (TPSA) is 37.3 Å². The second-order valence-electron chi connectivity index (χ2n) is 4.73. The summed E-state index contributed by atoms with van der Waals surface area (Å²) < 4.78 is 0. The molecular formula is C19H18O2. The van der Waals surface area contributed by atoms with Crippen LogP contribution in [-0.4, -0.2) is 11.1 Å². The molecule has 0 spiro atoms. The zero-order valence-electron chi connectivity index (χ0n) is 11.8. The van der Waals surface area contributed by atoms with Crippen molar-refractivity contribution in [3.63, 3.8) is 0 Å². The van der Waals surface area contributed by atoms with E-state index in [4.69, 9.17) is 5.11 Å². The van der Waals surface area contributed by atoms with Gasteiger partial charge in [0.15, 0.2) is 0 Å². The summed E-state index contributed by atoms with van der Waals surface area (Å²) in [4.78, 5) is 10.3. The summed E-state index contributed by atoms with van der Waals surface area (Å²) >= 11 is 0. The summed E-state index contributed by atoms with van der Waals surface area (Å²) in [7, 11) is 0. The van der Waals surface area contributed by atoms with Gasteiger partial charge in [-0.1, -0.05) is 72.8 Å². The van der Waals surface area contributed by atoms with Gasteiger partial charge in [-0.15, -0.1) is 0 Å². The summed E-state index contributed by atoms with van der Waals surface area (Å²) in [6, 6.07) is 18.9. The molecule has 106 valence electrons. The van der Waals surface area contributed by atoms with Gasteiger partial charge in [0.2, 0.25) is 0 Å². The standard InChI is InChI=1S/C19H18O2/c20-19(21)11-7-2-1-4-8-16-12-14-18(15-13-16)17-9-5-3-6-10-17/h1-3,5-7,9-15H,4,8H2,(H,20,21)/b2-1+,11-7+. The highest BCUT2D eigenvalue weighted by Crippen LogP contribution is 2.19. The molecule has 2 aromatic rings. The molecule has 0 aliphatic rings. The van der Waals surface area contributed by atoms with Crippen molar-refractivity contribution < 1.29 is 9.90 Å². The molecule has 0 amide bonds. The number of carboxylic acid groups (broad SMARTS) is 1. The minimum atomic E-state index is -0.920. The van der Waals surface area contributed by atoms with Crippen molar-refractivity contribution in [3.8, 4) is 11.1 Å². The Morgan fingerprint density at radius 3 is 2.24 bits per heavy atom. The van der Waals surface area contributed by atoms with Gasteiger partial charge in [-0.3, -0.25) is 0 Å². The third kappa shape index (κ3) is 5.11. The maximum absolute atomic E-state index is 10.3. The number of carbonyl (C=O) groups is 1. The summed E-state index contributed by atoms with van der Waals surface area (Å²) in [5.41, 5.74) is 3.73. The van der Waals surface area contributed by atoms with Crippen LogP contribution in [0.25, 0.3) is 11.1 Å². The smallest absolute Gasteiger partial charge is 0.328 e. The summed E-state index contributed by atoms with van der Waals surface area (Å²) in [6.45, 7) is 0. The second kappa shape index (κ2) is 7.85. The Kier molecular flexibility index (Phi) is 5.53. The molecule has 0 saturated carbocycles. The fourth-order valence-electron chi connectivity index (χ4n) is 2.06. The van der Waals surface area contributed by atoms with E-state index >= 15 is 0 Å². The van der Waals surface area contributed by atoms with E-state index in [9.17, 15) is 4.79 Å². The van der Waals surface area contributed by atoms with Gasteiger partial charge in [-0.25, -0.2) is 4.79 Å². The van der Waals surface area contributed by atoms with Gasteiger partial charge in [0.05, 0.1) is 0 Å². The number of hydrogen-bond acceptors (Lipinski definition) is 1. The van der Waals surface area contributed by atoms with Gasteiger partial charge < -0.3 is 5.11 Å². The van der Waals surface area contributed by atoms with Crippen LogP contribution in [0.3, 0.4) is 0 Å². The lowest BCUT2D eigenvalue weighted by molar-refractivity contribution is -0.131. The highest BCUT2D eigenvalue weighted by atomic mass is 16.4. The van der Waals surface area contributed by atoms with Gasteiger partial charge in [0.1, 0.15) is 0 Å². The Labute approximate surface area is 125 Å². The first-order chi connectivity index (χ1) is 10.3. The lowest BCUT2D eigenvalue weighted by Crippen LogP contribution is -1.85. The number of rotatable bonds is 6. The molecule has 0 atom stereocenters. The van der Waals surface area contributed by atoms with E-state index in [-0.39, 0.29) is 0 Å². The predicted octanol–water partition coefficient (Wildman–Crippen LogP) is 4.48. The molecule has 0 aromatic heterocycles. The van der Waals surface area contributed by atoms with E-state index < -0.39 is 5.97 Å². The van der Waals surface area contributed by atoms with Crippen LogP contribution < -0.4 is 0 Å². The van der Waals surface area contributed by atoms with E-state index in [1.165, 1.54) is 16.7 Å². The van der Waals surface area contributed by atoms with Crippen LogP contribution in [0.4, 0.5) is 0 Å². The van der Waals surface area contributed by atoms with E-state index in [0.717, 1.165) is 18.9 Å². The summed E-state index contributed by atoms with van der Waals surface area (Å²) in [6.07, 6.45) is 8.27. The van der Waals surface area contributed by atoms with Crippen molar-refractivity contribution in [2.45, 2.75) is 12.8 Å². The van der Waals surface area contributed by atoms with Crippen molar-refractivity contribution in [1.29, 1.82) is 0 Å². The number of aliphatic carboxylic acids is 1. The Morgan fingerprint density at radius 2 is 1.57 bits per heavy atom. The van der Waals surface area contributed by atoms with E-state index in [2.05, 4.69) is 36.4 Å². The SMILES string of the molecule is O=C(O)/C=C/C=C/CCc1ccc(-c2ccccc2)cc1. The van der Waals surface area contributed by atoms with Crippen LogP contribution in [0.5, 0.6) is 0 Å². The Morgan fingerprint density at radius 1 is 0.905 bits per heavy atom. The number of aryl methyl sites for hydroxylation is 1. The normalized spacial score (nSPS) is 11.2.